The number of hydrogen-bond acceptors (Lipinski definition) is 2. The fourth-order valence-corrected chi connectivity index (χ4v) is 2.43. The smallest absolute Gasteiger partial charge is 0.224 e. The summed E-state index contributed by atoms with van der Waals surface area (Å²) in [6, 6.07) is 10.7. The molecule has 3 N–H and O–H groups in total. The molecular formula is C15H22N2O. The molecule has 0 aromatic heterocycles. The molecule has 1 aromatic rings. The minimum Gasteiger partial charge on any atom is -0.352 e. The number of carbonyl (C=O) groups excluding carboxylic acids is 1. The fraction of sp³-hybridized carbons (Fsp3) is 0.533. The maximum atomic E-state index is 12.0. The number of carbonyl (C=O) groups is 1. The van der Waals surface area contributed by atoms with Gasteiger partial charge >= 0.3 is 0 Å². The van der Waals surface area contributed by atoms with E-state index in [1.54, 1.807) is 0 Å². The average Bonchev–Trinajstić information content (AvgIpc) is 3.16. The zero-order valence-electron chi connectivity index (χ0n) is 10.9. The van der Waals surface area contributed by atoms with Crippen molar-refractivity contribution in [3.8, 4) is 0 Å². The normalized spacial score (nSPS) is 23.4. The van der Waals surface area contributed by atoms with Crippen molar-refractivity contribution in [2.24, 2.45) is 11.7 Å². The van der Waals surface area contributed by atoms with Gasteiger partial charge in [-0.2, -0.15) is 0 Å². The van der Waals surface area contributed by atoms with Gasteiger partial charge in [-0.3, -0.25) is 4.79 Å². The molecular weight excluding hydrogens is 224 g/mol. The first-order valence-corrected chi connectivity index (χ1v) is 6.81. The molecule has 0 spiro atoms. The highest BCUT2D eigenvalue weighted by atomic mass is 16.2. The number of benzene rings is 1. The molecule has 98 valence electrons. The number of nitrogens with two attached hydrogens (primary N) is 1. The van der Waals surface area contributed by atoms with Crippen molar-refractivity contribution in [3.63, 3.8) is 0 Å². The van der Waals surface area contributed by atoms with Gasteiger partial charge in [-0.15, -0.1) is 0 Å². The van der Waals surface area contributed by atoms with Gasteiger partial charge in [-0.05, 0) is 18.4 Å². The molecule has 3 nitrogen and oxygen atoms in total. The van der Waals surface area contributed by atoms with Gasteiger partial charge in [-0.1, -0.05) is 43.7 Å². The van der Waals surface area contributed by atoms with Crippen LogP contribution in [0.5, 0.6) is 0 Å². The second-order valence-electron chi connectivity index (χ2n) is 5.09. The Balaban J connectivity index is 1.84. The van der Waals surface area contributed by atoms with Crippen molar-refractivity contribution < 1.29 is 4.79 Å². The summed E-state index contributed by atoms with van der Waals surface area (Å²) in [5.41, 5.74) is 6.96. The van der Waals surface area contributed by atoms with Crippen LogP contribution >= 0.6 is 0 Å². The van der Waals surface area contributed by atoms with Crippen LogP contribution in [0.3, 0.4) is 0 Å². The molecule has 3 unspecified atom stereocenters. The molecule has 0 heterocycles. The van der Waals surface area contributed by atoms with E-state index < -0.39 is 0 Å². The molecule has 1 amide bonds. The molecule has 18 heavy (non-hydrogen) atoms. The summed E-state index contributed by atoms with van der Waals surface area (Å²) in [6.07, 6.45) is 2.94. The summed E-state index contributed by atoms with van der Waals surface area (Å²) in [5, 5.41) is 3.12. The van der Waals surface area contributed by atoms with Crippen molar-refractivity contribution in [2.75, 3.05) is 6.54 Å². The van der Waals surface area contributed by atoms with E-state index in [2.05, 4.69) is 24.4 Å². The maximum absolute atomic E-state index is 12.0. The zero-order chi connectivity index (χ0) is 13.0. The van der Waals surface area contributed by atoms with Gasteiger partial charge < -0.3 is 11.1 Å². The number of amides is 1. The Bertz CT molecular complexity index is 391. The zero-order valence-corrected chi connectivity index (χ0v) is 10.9. The van der Waals surface area contributed by atoms with Crippen LogP contribution in [-0.4, -0.2) is 18.5 Å². The first-order valence-electron chi connectivity index (χ1n) is 6.81. The van der Waals surface area contributed by atoms with E-state index in [0.717, 1.165) is 19.3 Å². The standard InChI is InChI=1S/C15H22N2O/c1-2-6-12(10-16)15(18)17-14-9-13(14)11-7-4-3-5-8-11/h3-5,7-8,12-14H,2,6,9-10,16H2,1H3,(H,17,18). The van der Waals surface area contributed by atoms with E-state index in [4.69, 9.17) is 5.73 Å². The lowest BCUT2D eigenvalue weighted by atomic mass is 10.0. The third kappa shape index (κ3) is 3.10. The summed E-state index contributed by atoms with van der Waals surface area (Å²) >= 11 is 0. The third-order valence-corrected chi connectivity index (χ3v) is 3.64. The molecule has 0 radical (unpaired) electrons. The van der Waals surface area contributed by atoms with Crippen molar-refractivity contribution in [1.82, 2.24) is 5.32 Å². The van der Waals surface area contributed by atoms with E-state index >= 15 is 0 Å². The SMILES string of the molecule is CCCC(CN)C(=O)NC1CC1c1ccccc1. The topological polar surface area (TPSA) is 55.1 Å². The lowest BCUT2D eigenvalue weighted by Gasteiger charge is -2.13. The monoisotopic (exact) mass is 246 g/mol. The second kappa shape index (κ2) is 6.01. The predicted octanol–water partition coefficient (Wildman–Crippen LogP) is 2.03. The Morgan fingerprint density at radius 2 is 2.17 bits per heavy atom. The second-order valence-corrected chi connectivity index (χ2v) is 5.09. The number of nitrogens with one attached hydrogen (secondary N) is 1. The Morgan fingerprint density at radius 1 is 1.44 bits per heavy atom. The largest absolute Gasteiger partial charge is 0.352 e. The van der Waals surface area contributed by atoms with E-state index in [-0.39, 0.29) is 11.8 Å². The van der Waals surface area contributed by atoms with Gasteiger partial charge in [0.2, 0.25) is 5.91 Å². The Kier molecular flexibility index (Phi) is 4.37. The van der Waals surface area contributed by atoms with Crippen LogP contribution < -0.4 is 11.1 Å². The van der Waals surface area contributed by atoms with Gasteiger partial charge in [0.05, 0.1) is 5.92 Å². The van der Waals surface area contributed by atoms with Gasteiger partial charge in [0.15, 0.2) is 0 Å². The van der Waals surface area contributed by atoms with Gasteiger partial charge in [0, 0.05) is 18.5 Å². The Labute approximate surface area is 109 Å². The van der Waals surface area contributed by atoms with E-state index in [9.17, 15) is 4.79 Å². The van der Waals surface area contributed by atoms with Crippen LogP contribution in [0.25, 0.3) is 0 Å². The van der Waals surface area contributed by atoms with Crippen LogP contribution in [0, 0.1) is 5.92 Å². The first kappa shape index (κ1) is 13.1. The van der Waals surface area contributed by atoms with Crippen LogP contribution in [0.1, 0.15) is 37.7 Å². The lowest BCUT2D eigenvalue weighted by Crippen LogP contribution is -2.36. The average molecular weight is 246 g/mol. The van der Waals surface area contributed by atoms with Crippen molar-refractivity contribution in [2.45, 2.75) is 38.1 Å². The van der Waals surface area contributed by atoms with Gasteiger partial charge in [-0.25, -0.2) is 0 Å². The fourth-order valence-electron chi connectivity index (χ4n) is 2.43. The lowest BCUT2D eigenvalue weighted by molar-refractivity contribution is -0.125. The molecule has 1 aliphatic carbocycles. The van der Waals surface area contributed by atoms with Crippen LogP contribution in [0.15, 0.2) is 30.3 Å². The number of rotatable bonds is 6. The van der Waals surface area contributed by atoms with Crippen molar-refractivity contribution in [3.05, 3.63) is 35.9 Å². The van der Waals surface area contributed by atoms with Crippen molar-refractivity contribution in [1.29, 1.82) is 0 Å². The maximum Gasteiger partial charge on any atom is 0.224 e. The molecule has 2 rings (SSSR count). The molecule has 3 atom stereocenters. The highest BCUT2D eigenvalue weighted by molar-refractivity contribution is 5.79. The molecule has 1 fully saturated rings. The molecule has 1 aliphatic rings. The highest BCUT2D eigenvalue weighted by Gasteiger charge is 2.39. The van der Waals surface area contributed by atoms with E-state index in [1.165, 1.54) is 5.56 Å². The predicted molar refractivity (Wildman–Crippen MR) is 73.2 cm³/mol. The molecule has 0 saturated heterocycles. The minimum atomic E-state index is -0.0213. The highest BCUT2D eigenvalue weighted by Crippen LogP contribution is 2.40. The molecule has 3 heteroatoms. The van der Waals surface area contributed by atoms with Gasteiger partial charge in [0.1, 0.15) is 0 Å². The van der Waals surface area contributed by atoms with E-state index in [0.29, 0.717) is 18.5 Å². The van der Waals surface area contributed by atoms with Crippen LogP contribution in [0.4, 0.5) is 0 Å². The molecule has 0 aliphatic heterocycles. The Morgan fingerprint density at radius 3 is 2.78 bits per heavy atom. The summed E-state index contributed by atoms with van der Waals surface area (Å²) in [4.78, 5) is 12.0. The molecule has 0 bridgehead atoms. The van der Waals surface area contributed by atoms with Crippen LogP contribution in [0.2, 0.25) is 0 Å². The minimum absolute atomic E-state index is 0.0213. The third-order valence-electron chi connectivity index (χ3n) is 3.64. The molecule has 1 saturated carbocycles. The summed E-state index contributed by atoms with van der Waals surface area (Å²) in [7, 11) is 0. The summed E-state index contributed by atoms with van der Waals surface area (Å²) in [6.45, 7) is 2.53. The quantitative estimate of drug-likeness (QED) is 0.807. The first-order chi connectivity index (χ1) is 8.76. The van der Waals surface area contributed by atoms with E-state index in [1.807, 2.05) is 18.2 Å². The Hall–Kier alpha value is -1.35. The summed E-state index contributed by atoms with van der Waals surface area (Å²) in [5.74, 6) is 0.602. The number of hydrogen-bond donors (Lipinski definition) is 2. The van der Waals surface area contributed by atoms with Gasteiger partial charge in [0.25, 0.3) is 0 Å². The van der Waals surface area contributed by atoms with Crippen LogP contribution in [-0.2, 0) is 4.79 Å². The van der Waals surface area contributed by atoms with Crippen molar-refractivity contribution >= 4 is 5.91 Å². The summed E-state index contributed by atoms with van der Waals surface area (Å²) < 4.78 is 0. The molecule has 1 aromatic carbocycles.